The first-order valence-electron chi connectivity index (χ1n) is 7.49. The van der Waals surface area contributed by atoms with Crippen molar-refractivity contribution in [3.63, 3.8) is 0 Å². The fourth-order valence-electron chi connectivity index (χ4n) is 2.37. The number of amides is 1. The standard InChI is InChI=1S/C19H23NO2/c1-13-5-6-16(11-14(13)2)12-19(21)20-15(3)17-7-9-18(22-4)10-8-17/h5-11,15H,12H2,1-4H3,(H,20,21)/t15-/m0/s1. The van der Waals surface area contributed by atoms with Gasteiger partial charge >= 0.3 is 0 Å². The summed E-state index contributed by atoms with van der Waals surface area (Å²) in [5, 5.41) is 3.04. The van der Waals surface area contributed by atoms with Crippen molar-refractivity contribution in [3.05, 3.63) is 64.7 Å². The molecule has 1 N–H and O–H groups in total. The van der Waals surface area contributed by atoms with Crippen molar-refractivity contribution >= 4 is 5.91 Å². The summed E-state index contributed by atoms with van der Waals surface area (Å²) in [5.41, 5.74) is 4.57. The molecule has 0 aromatic heterocycles. The number of rotatable bonds is 5. The first-order valence-corrected chi connectivity index (χ1v) is 7.49. The van der Waals surface area contributed by atoms with Gasteiger partial charge in [-0.1, -0.05) is 30.3 Å². The lowest BCUT2D eigenvalue weighted by atomic mass is 10.0. The van der Waals surface area contributed by atoms with E-state index in [0.717, 1.165) is 16.9 Å². The first kappa shape index (κ1) is 16.1. The van der Waals surface area contributed by atoms with Gasteiger partial charge in [0, 0.05) is 0 Å². The quantitative estimate of drug-likeness (QED) is 0.913. The molecule has 0 saturated heterocycles. The van der Waals surface area contributed by atoms with Gasteiger partial charge < -0.3 is 10.1 Å². The van der Waals surface area contributed by atoms with Crippen LogP contribution < -0.4 is 10.1 Å². The van der Waals surface area contributed by atoms with Crippen LogP contribution in [0.2, 0.25) is 0 Å². The van der Waals surface area contributed by atoms with Gasteiger partial charge in [0.05, 0.1) is 19.6 Å². The molecular weight excluding hydrogens is 274 g/mol. The van der Waals surface area contributed by atoms with E-state index in [2.05, 4.69) is 31.3 Å². The number of benzene rings is 2. The van der Waals surface area contributed by atoms with E-state index >= 15 is 0 Å². The van der Waals surface area contributed by atoms with Crippen molar-refractivity contribution in [2.75, 3.05) is 7.11 Å². The lowest BCUT2D eigenvalue weighted by Gasteiger charge is -2.15. The summed E-state index contributed by atoms with van der Waals surface area (Å²) in [6.45, 7) is 6.13. The van der Waals surface area contributed by atoms with Crippen LogP contribution in [0, 0.1) is 13.8 Å². The van der Waals surface area contributed by atoms with Crippen molar-refractivity contribution in [3.8, 4) is 5.75 Å². The van der Waals surface area contributed by atoms with E-state index in [1.54, 1.807) is 7.11 Å². The van der Waals surface area contributed by atoms with Gasteiger partial charge in [-0.2, -0.15) is 0 Å². The Morgan fingerprint density at radius 1 is 1.09 bits per heavy atom. The Morgan fingerprint density at radius 2 is 1.77 bits per heavy atom. The van der Waals surface area contributed by atoms with Crippen LogP contribution in [-0.4, -0.2) is 13.0 Å². The van der Waals surface area contributed by atoms with E-state index in [9.17, 15) is 4.79 Å². The Balaban J connectivity index is 1.96. The lowest BCUT2D eigenvalue weighted by Crippen LogP contribution is -2.28. The third kappa shape index (κ3) is 4.10. The molecule has 0 aliphatic heterocycles. The van der Waals surface area contributed by atoms with Gasteiger partial charge in [-0.15, -0.1) is 0 Å². The van der Waals surface area contributed by atoms with E-state index in [4.69, 9.17) is 4.74 Å². The third-order valence-electron chi connectivity index (χ3n) is 3.93. The van der Waals surface area contributed by atoms with Crippen molar-refractivity contribution < 1.29 is 9.53 Å². The van der Waals surface area contributed by atoms with Crippen LogP contribution in [0.1, 0.15) is 35.2 Å². The molecule has 0 unspecified atom stereocenters. The van der Waals surface area contributed by atoms with Crippen molar-refractivity contribution in [1.82, 2.24) is 5.32 Å². The number of aryl methyl sites for hydroxylation is 2. The maximum Gasteiger partial charge on any atom is 0.224 e. The molecule has 0 radical (unpaired) electrons. The molecule has 2 rings (SSSR count). The van der Waals surface area contributed by atoms with Gasteiger partial charge in [-0.05, 0) is 55.2 Å². The summed E-state index contributed by atoms with van der Waals surface area (Å²) in [6.07, 6.45) is 0.404. The molecule has 0 heterocycles. The average molecular weight is 297 g/mol. The molecule has 3 heteroatoms. The van der Waals surface area contributed by atoms with Crippen LogP contribution in [0.5, 0.6) is 5.75 Å². The van der Waals surface area contributed by atoms with Gasteiger partial charge in [0.1, 0.15) is 5.75 Å². The smallest absolute Gasteiger partial charge is 0.224 e. The summed E-state index contributed by atoms with van der Waals surface area (Å²) < 4.78 is 5.14. The van der Waals surface area contributed by atoms with E-state index in [1.807, 2.05) is 37.3 Å². The highest BCUT2D eigenvalue weighted by atomic mass is 16.5. The Hall–Kier alpha value is -2.29. The molecule has 0 aliphatic carbocycles. The highest BCUT2D eigenvalue weighted by molar-refractivity contribution is 5.79. The number of ether oxygens (including phenoxy) is 1. The lowest BCUT2D eigenvalue weighted by molar-refractivity contribution is -0.121. The predicted octanol–water partition coefficient (Wildman–Crippen LogP) is 3.73. The van der Waals surface area contributed by atoms with E-state index in [0.29, 0.717) is 6.42 Å². The van der Waals surface area contributed by atoms with Crippen molar-refractivity contribution in [2.45, 2.75) is 33.2 Å². The number of carbonyl (C=O) groups excluding carboxylic acids is 1. The highest BCUT2D eigenvalue weighted by Crippen LogP contribution is 2.17. The number of hydrogen-bond acceptors (Lipinski definition) is 2. The van der Waals surface area contributed by atoms with E-state index in [1.165, 1.54) is 11.1 Å². The molecule has 3 nitrogen and oxygen atoms in total. The number of nitrogens with one attached hydrogen (secondary N) is 1. The van der Waals surface area contributed by atoms with E-state index < -0.39 is 0 Å². The minimum Gasteiger partial charge on any atom is -0.497 e. The molecule has 0 spiro atoms. The molecule has 2 aromatic carbocycles. The Bertz CT molecular complexity index is 647. The molecule has 22 heavy (non-hydrogen) atoms. The molecule has 0 fully saturated rings. The zero-order valence-electron chi connectivity index (χ0n) is 13.6. The topological polar surface area (TPSA) is 38.3 Å². The van der Waals surface area contributed by atoms with Gasteiger partial charge in [0.2, 0.25) is 5.91 Å². The highest BCUT2D eigenvalue weighted by Gasteiger charge is 2.10. The molecule has 2 aromatic rings. The van der Waals surface area contributed by atoms with Crippen LogP contribution in [0.25, 0.3) is 0 Å². The van der Waals surface area contributed by atoms with Crippen molar-refractivity contribution in [2.24, 2.45) is 0 Å². The predicted molar refractivity (Wildman–Crippen MR) is 89.2 cm³/mol. The zero-order valence-corrected chi connectivity index (χ0v) is 13.6. The second-order valence-electron chi connectivity index (χ2n) is 5.66. The summed E-state index contributed by atoms with van der Waals surface area (Å²) in [4.78, 5) is 12.2. The molecule has 0 saturated carbocycles. The summed E-state index contributed by atoms with van der Waals surface area (Å²) in [7, 11) is 1.64. The second-order valence-corrected chi connectivity index (χ2v) is 5.66. The summed E-state index contributed by atoms with van der Waals surface area (Å²) >= 11 is 0. The summed E-state index contributed by atoms with van der Waals surface area (Å²) in [6, 6.07) is 13.9. The maximum absolute atomic E-state index is 12.2. The van der Waals surface area contributed by atoms with Gasteiger partial charge in [0.15, 0.2) is 0 Å². The SMILES string of the molecule is COc1ccc([C@H](C)NC(=O)Cc2ccc(C)c(C)c2)cc1. The Labute approximate surface area is 132 Å². The normalized spacial score (nSPS) is 11.8. The van der Waals surface area contributed by atoms with Gasteiger partial charge in [-0.25, -0.2) is 0 Å². The van der Waals surface area contributed by atoms with Crippen LogP contribution >= 0.6 is 0 Å². The largest absolute Gasteiger partial charge is 0.497 e. The van der Waals surface area contributed by atoms with Crippen LogP contribution in [0.15, 0.2) is 42.5 Å². The minimum absolute atomic E-state index is 0.0232. The fourth-order valence-corrected chi connectivity index (χ4v) is 2.37. The molecular formula is C19H23NO2. The molecule has 1 atom stereocenters. The molecule has 0 bridgehead atoms. The van der Waals surface area contributed by atoms with E-state index in [-0.39, 0.29) is 11.9 Å². The molecule has 0 aliphatic rings. The Kier molecular flexibility index (Phi) is 5.21. The fraction of sp³-hybridized carbons (Fsp3) is 0.316. The monoisotopic (exact) mass is 297 g/mol. The molecule has 116 valence electrons. The van der Waals surface area contributed by atoms with Gasteiger partial charge in [-0.3, -0.25) is 4.79 Å². The van der Waals surface area contributed by atoms with Crippen LogP contribution in [-0.2, 0) is 11.2 Å². The van der Waals surface area contributed by atoms with Crippen LogP contribution in [0.3, 0.4) is 0 Å². The molecule has 1 amide bonds. The Morgan fingerprint density at radius 3 is 2.36 bits per heavy atom. The van der Waals surface area contributed by atoms with Gasteiger partial charge in [0.25, 0.3) is 0 Å². The number of carbonyl (C=O) groups is 1. The van der Waals surface area contributed by atoms with Crippen molar-refractivity contribution in [1.29, 1.82) is 0 Å². The minimum atomic E-state index is -0.0232. The van der Waals surface area contributed by atoms with Crippen LogP contribution in [0.4, 0.5) is 0 Å². The number of methoxy groups -OCH3 is 1. The summed E-state index contributed by atoms with van der Waals surface area (Å²) in [5.74, 6) is 0.851. The first-order chi connectivity index (χ1) is 10.5. The number of hydrogen-bond donors (Lipinski definition) is 1. The zero-order chi connectivity index (χ0) is 16.1. The second kappa shape index (κ2) is 7.12. The maximum atomic E-state index is 12.2. The average Bonchev–Trinajstić information content (AvgIpc) is 2.51. The third-order valence-corrected chi connectivity index (χ3v) is 3.93.